The summed E-state index contributed by atoms with van der Waals surface area (Å²) in [4.78, 5) is 8.52. The van der Waals surface area contributed by atoms with Gasteiger partial charge in [0.15, 0.2) is 0 Å². The average Bonchev–Trinajstić information content (AvgIpc) is 2.63. The van der Waals surface area contributed by atoms with E-state index in [9.17, 15) is 5.26 Å². The molecule has 0 aliphatic carbocycles. The molecule has 124 valence electrons. The van der Waals surface area contributed by atoms with Gasteiger partial charge in [0.1, 0.15) is 11.0 Å². The minimum absolute atomic E-state index is 0.361. The summed E-state index contributed by atoms with van der Waals surface area (Å²) in [5, 5.41) is 13.6. The van der Waals surface area contributed by atoms with Gasteiger partial charge in [0.25, 0.3) is 0 Å². The molecule has 1 aliphatic rings. The first-order chi connectivity index (χ1) is 11.6. The standard InChI is InChI=1S/C17H16Cl2N4O/c18-13-9-21-15(19)8-12(13)14-2-1-3-16(23-14)22-11-17(10-20)4-6-24-7-5-17/h1-3,8-9H,4-7,11H2,(H,22,23). The number of nitrogens with one attached hydrogen (secondary N) is 1. The molecule has 1 aliphatic heterocycles. The number of hydrogen-bond donors (Lipinski definition) is 1. The van der Waals surface area contributed by atoms with Gasteiger partial charge >= 0.3 is 0 Å². The zero-order valence-electron chi connectivity index (χ0n) is 12.9. The van der Waals surface area contributed by atoms with Gasteiger partial charge in [0.2, 0.25) is 0 Å². The minimum Gasteiger partial charge on any atom is -0.381 e. The van der Waals surface area contributed by atoms with Gasteiger partial charge in [-0.15, -0.1) is 0 Å². The summed E-state index contributed by atoms with van der Waals surface area (Å²) in [7, 11) is 0. The first-order valence-electron chi connectivity index (χ1n) is 7.63. The van der Waals surface area contributed by atoms with E-state index in [0.717, 1.165) is 18.4 Å². The highest BCUT2D eigenvalue weighted by Gasteiger charge is 2.32. The molecule has 0 radical (unpaired) electrons. The van der Waals surface area contributed by atoms with Crippen LogP contribution in [0.1, 0.15) is 12.8 Å². The molecule has 0 aromatic carbocycles. The van der Waals surface area contributed by atoms with Crippen molar-refractivity contribution in [3.63, 3.8) is 0 Å². The largest absolute Gasteiger partial charge is 0.381 e. The SMILES string of the molecule is N#CC1(CNc2cccc(-c3cc(Cl)ncc3Cl)n2)CCOCC1. The van der Waals surface area contributed by atoms with Crippen LogP contribution in [0.25, 0.3) is 11.3 Å². The van der Waals surface area contributed by atoms with Gasteiger partial charge in [0.05, 0.1) is 22.2 Å². The molecule has 0 atom stereocenters. The van der Waals surface area contributed by atoms with Crippen molar-refractivity contribution in [2.24, 2.45) is 5.41 Å². The molecular formula is C17H16Cl2N4O. The Balaban J connectivity index is 1.78. The molecule has 0 unspecified atom stereocenters. The van der Waals surface area contributed by atoms with Gasteiger partial charge in [-0.25, -0.2) is 9.97 Å². The van der Waals surface area contributed by atoms with Crippen LogP contribution in [0.5, 0.6) is 0 Å². The third-order valence-electron chi connectivity index (χ3n) is 4.14. The first kappa shape index (κ1) is 17.0. The molecular weight excluding hydrogens is 347 g/mol. The van der Waals surface area contributed by atoms with E-state index in [1.165, 1.54) is 6.20 Å². The number of nitrogens with zero attached hydrogens (tertiary/aromatic N) is 3. The highest BCUT2D eigenvalue weighted by Crippen LogP contribution is 2.31. The molecule has 3 heterocycles. The van der Waals surface area contributed by atoms with Crippen molar-refractivity contribution in [2.45, 2.75) is 12.8 Å². The summed E-state index contributed by atoms with van der Waals surface area (Å²) >= 11 is 12.1. The molecule has 0 bridgehead atoms. The lowest BCUT2D eigenvalue weighted by atomic mass is 9.82. The topological polar surface area (TPSA) is 70.8 Å². The second-order valence-corrected chi connectivity index (χ2v) is 6.55. The predicted molar refractivity (Wildman–Crippen MR) is 94.1 cm³/mol. The molecule has 0 spiro atoms. The van der Waals surface area contributed by atoms with Crippen molar-refractivity contribution in [2.75, 3.05) is 25.1 Å². The van der Waals surface area contributed by atoms with Crippen molar-refractivity contribution in [1.82, 2.24) is 9.97 Å². The molecule has 1 saturated heterocycles. The van der Waals surface area contributed by atoms with Crippen LogP contribution in [0.3, 0.4) is 0 Å². The Morgan fingerprint density at radius 2 is 2.08 bits per heavy atom. The molecule has 7 heteroatoms. The normalized spacial score (nSPS) is 16.4. The van der Waals surface area contributed by atoms with Gasteiger partial charge < -0.3 is 10.1 Å². The molecule has 2 aromatic heterocycles. The Hall–Kier alpha value is -1.87. The maximum absolute atomic E-state index is 9.51. The fourth-order valence-corrected chi connectivity index (χ4v) is 3.00. The summed E-state index contributed by atoms with van der Waals surface area (Å²) in [5.74, 6) is 0.692. The van der Waals surface area contributed by atoms with Crippen LogP contribution in [0.4, 0.5) is 5.82 Å². The molecule has 0 saturated carbocycles. The summed E-state index contributed by atoms with van der Waals surface area (Å²) in [6, 6.07) is 9.73. The first-order valence-corrected chi connectivity index (χ1v) is 8.39. The van der Waals surface area contributed by atoms with Gasteiger partial charge in [-0.1, -0.05) is 29.3 Å². The second-order valence-electron chi connectivity index (χ2n) is 5.75. The molecule has 5 nitrogen and oxygen atoms in total. The van der Waals surface area contributed by atoms with Crippen LogP contribution in [-0.4, -0.2) is 29.7 Å². The van der Waals surface area contributed by atoms with E-state index in [1.54, 1.807) is 6.07 Å². The molecule has 3 rings (SSSR count). The van der Waals surface area contributed by atoms with E-state index in [-0.39, 0.29) is 0 Å². The highest BCUT2D eigenvalue weighted by atomic mass is 35.5. The van der Waals surface area contributed by atoms with Crippen molar-refractivity contribution in [3.8, 4) is 17.3 Å². The number of pyridine rings is 2. The number of aromatic nitrogens is 2. The third-order valence-corrected chi connectivity index (χ3v) is 4.65. The fourth-order valence-electron chi connectivity index (χ4n) is 2.64. The van der Waals surface area contributed by atoms with Crippen molar-refractivity contribution in [3.05, 3.63) is 40.6 Å². The smallest absolute Gasteiger partial charge is 0.129 e. The number of hydrogen-bond acceptors (Lipinski definition) is 5. The Morgan fingerprint density at radius 3 is 2.83 bits per heavy atom. The van der Waals surface area contributed by atoms with E-state index in [4.69, 9.17) is 27.9 Å². The van der Waals surface area contributed by atoms with Crippen LogP contribution in [0.15, 0.2) is 30.5 Å². The molecule has 1 fully saturated rings. The second kappa shape index (κ2) is 7.35. The average molecular weight is 363 g/mol. The van der Waals surface area contributed by atoms with E-state index < -0.39 is 5.41 Å². The summed E-state index contributed by atoms with van der Waals surface area (Å²) in [5.41, 5.74) is 1.02. The van der Waals surface area contributed by atoms with Crippen molar-refractivity contribution in [1.29, 1.82) is 5.26 Å². The molecule has 0 amide bonds. The Morgan fingerprint density at radius 1 is 1.29 bits per heavy atom. The van der Waals surface area contributed by atoms with E-state index >= 15 is 0 Å². The number of rotatable bonds is 4. The lowest BCUT2D eigenvalue weighted by Gasteiger charge is -2.30. The van der Waals surface area contributed by atoms with Crippen molar-refractivity contribution >= 4 is 29.0 Å². The fraction of sp³-hybridized carbons (Fsp3) is 0.353. The van der Waals surface area contributed by atoms with Crippen LogP contribution in [0, 0.1) is 16.7 Å². The number of anilines is 1. The summed E-state index contributed by atoms with van der Waals surface area (Å²) < 4.78 is 5.35. The predicted octanol–water partition coefficient (Wildman–Crippen LogP) is 4.18. The third kappa shape index (κ3) is 3.78. The van der Waals surface area contributed by atoms with Gasteiger partial charge in [-0.05, 0) is 31.0 Å². The Bertz CT molecular complexity index is 769. The Kier molecular flexibility index (Phi) is 5.20. The maximum Gasteiger partial charge on any atom is 0.129 e. The maximum atomic E-state index is 9.51. The van der Waals surface area contributed by atoms with Gasteiger partial charge in [0, 0.05) is 31.5 Å². The van der Waals surface area contributed by atoms with Crippen LogP contribution in [-0.2, 0) is 4.74 Å². The number of nitriles is 1. The van der Waals surface area contributed by atoms with Gasteiger partial charge in [-0.2, -0.15) is 5.26 Å². The van der Waals surface area contributed by atoms with E-state index in [0.29, 0.717) is 41.4 Å². The lowest BCUT2D eigenvalue weighted by Crippen LogP contribution is -2.34. The van der Waals surface area contributed by atoms with Crippen LogP contribution < -0.4 is 5.32 Å². The highest BCUT2D eigenvalue weighted by molar-refractivity contribution is 6.34. The molecule has 24 heavy (non-hydrogen) atoms. The summed E-state index contributed by atoms with van der Waals surface area (Å²) in [6.07, 6.45) is 2.96. The van der Waals surface area contributed by atoms with Crippen LogP contribution in [0.2, 0.25) is 10.2 Å². The zero-order chi connectivity index (χ0) is 17.0. The lowest BCUT2D eigenvalue weighted by molar-refractivity contribution is 0.0456. The molecule has 1 N–H and O–H groups in total. The molecule has 2 aromatic rings. The van der Waals surface area contributed by atoms with Crippen molar-refractivity contribution < 1.29 is 4.74 Å². The van der Waals surface area contributed by atoms with E-state index in [2.05, 4.69) is 21.4 Å². The van der Waals surface area contributed by atoms with E-state index in [1.807, 2.05) is 18.2 Å². The monoisotopic (exact) mass is 362 g/mol. The minimum atomic E-state index is -0.409. The van der Waals surface area contributed by atoms with Gasteiger partial charge in [-0.3, -0.25) is 0 Å². The zero-order valence-corrected chi connectivity index (χ0v) is 14.4. The Labute approximate surface area is 150 Å². The number of halogens is 2. The quantitative estimate of drug-likeness (QED) is 0.825. The number of ether oxygens (including phenoxy) is 1. The summed E-state index contributed by atoms with van der Waals surface area (Å²) in [6.45, 7) is 1.77. The van der Waals surface area contributed by atoms with Crippen LogP contribution >= 0.6 is 23.2 Å².